The van der Waals surface area contributed by atoms with Crippen LogP contribution in [0, 0.1) is 5.92 Å². The molecule has 1 rings (SSSR count). The fourth-order valence-corrected chi connectivity index (χ4v) is 2.56. The summed E-state index contributed by atoms with van der Waals surface area (Å²) in [6.45, 7) is 2.40. The van der Waals surface area contributed by atoms with Crippen LogP contribution in [0.15, 0.2) is 18.2 Å². The molecule has 0 saturated carbocycles. The zero-order valence-corrected chi connectivity index (χ0v) is 13.3. The molecule has 0 aliphatic carbocycles. The minimum Gasteiger partial charge on any atom is -0.496 e. The number of rotatable bonds is 8. The number of carbonyl (C=O) groups is 2. The summed E-state index contributed by atoms with van der Waals surface area (Å²) in [7, 11) is 1.50. The summed E-state index contributed by atoms with van der Waals surface area (Å²) in [6, 6.07) is 4.76. The molecule has 0 spiro atoms. The van der Waals surface area contributed by atoms with E-state index in [1.54, 1.807) is 23.9 Å². The lowest BCUT2D eigenvalue weighted by atomic mass is 10.1. The molecule has 1 amide bonds. The topological polar surface area (TPSA) is 75.6 Å². The SMILES string of the molecule is COc1cc(C(=O)O)ccc1CCNC(=O)C(C)CSC. The Morgan fingerprint density at radius 2 is 2.14 bits per heavy atom. The third-order valence-electron chi connectivity index (χ3n) is 3.09. The maximum atomic E-state index is 11.8. The van der Waals surface area contributed by atoms with Crippen molar-refractivity contribution in [3.05, 3.63) is 29.3 Å². The molecule has 0 saturated heterocycles. The molecule has 0 aliphatic heterocycles. The van der Waals surface area contributed by atoms with Crippen LogP contribution in [0.3, 0.4) is 0 Å². The van der Waals surface area contributed by atoms with E-state index in [9.17, 15) is 9.59 Å². The van der Waals surface area contributed by atoms with Crippen molar-refractivity contribution < 1.29 is 19.4 Å². The summed E-state index contributed by atoms with van der Waals surface area (Å²) in [4.78, 5) is 22.7. The smallest absolute Gasteiger partial charge is 0.335 e. The van der Waals surface area contributed by atoms with Crippen LogP contribution in [0.2, 0.25) is 0 Å². The van der Waals surface area contributed by atoms with E-state index in [0.717, 1.165) is 11.3 Å². The molecule has 1 unspecified atom stereocenters. The molecule has 0 fully saturated rings. The van der Waals surface area contributed by atoms with Crippen molar-refractivity contribution in [3.8, 4) is 5.75 Å². The van der Waals surface area contributed by atoms with Crippen LogP contribution in [0.4, 0.5) is 0 Å². The molecule has 5 nitrogen and oxygen atoms in total. The van der Waals surface area contributed by atoms with Crippen LogP contribution in [0.25, 0.3) is 0 Å². The van der Waals surface area contributed by atoms with Gasteiger partial charge in [-0.3, -0.25) is 4.79 Å². The number of hydrogen-bond acceptors (Lipinski definition) is 4. The molecule has 116 valence electrons. The Kier molecular flexibility index (Phi) is 7.08. The average molecular weight is 311 g/mol. The van der Waals surface area contributed by atoms with Crippen molar-refractivity contribution in [3.63, 3.8) is 0 Å². The highest BCUT2D eigenvalue weighted by atomic mass is 32.2. The first kappa shape index (κ1) is 17.4. The van der Waals surface area contributed by atoms with E-state index in [-0.39, 0.29) is 17.4 Å². The second-order valence-electron chi connectivity index (χ2n) is 4.73. The van der Waals surface area contributed by atoms with Crippen molar-refractivity contribution in [1.29, 1.82) is 0 Å². The van der Waals surface area contributed by atoms with Gasteiger partial charge in [-0.15, -0.1) is 0 Å². The molecule has 6 heteroatoms. The summed E-state index contributed by atoms with van der Waals surface area (Å²) >= 11 is 1.64. The van der Waals surface area contributed by atoms with Crippen LogP contribution < -0.4 is 10.1 Å². The average Bonchev–Trinajstić information content (AvgIpc) is 2.47. The van der Waals surface area contributed by atoms with Gasteiger partial charge in [-0.25, -0.2) is 4.79 Å². The number of benzene rings is 1. The summed E-state index contributed by atoms with van der Waals surface area (Å²) in [6.07, 6.45) is 2.57. The maximum absolute atomic E-state index is 11.8. The van der Waals surface area contributed by atoms with Crippen molar-refractivity contribution >= 4 is 23.6 Å². The number of nitrogens with one attached hydrogen (secondary N) is 1. The van der Waals surface area contributed by atoms with E-state index in [0.29, 0.717) is 18.7 Å². The lowest BCUT2D eigenvalue weighted by Gasteiger charge is -2.12. The number of ether oxygens (including phenoxy) is 1. The van der Waals surface area contributed by atoms with E-state index in [4.69, 9.17) is 9.84 Å². The predicted molar refractivity (Wildman–Crippen MR) is 84.2 cm³/mol. The van der Waals surface area contributed by atoms with E-state index in [1.165, 1.54) is 13.2 Å². The number of methoxy groups -OCH3 is 1. The van der Waals surface area contributed by atoms with Gasteiger partial charge in [-0.05, 0) is 30.4 Å². The Labute approximate surface area is 129 Å². The molecule has 1 atom stereocenters. The van der Waals surface area contributed by atoms with Gasteiger partial charge in [0.1, 0.15) is 5.75 Å². The Hall–Kier alpha value is -1.69. The Bertz CT molecular complexity index is 504. The molecular weight excluding hydrogens is 290 g/mol. The molecule has 1 aromatic carbocycles. The zero-order valence-electron chi connectivity index (χ0n) is 12.5. The number of hydrogen-bond donors (Lipinski definition) is 2. The van der Waals surface area contributed by atoms with Crippen LogP contribution in [0.5, 0.6) is 5.75 Å². The molecule has 1 aromatic rings. The number of amides is 1. The fraction of sp³-hybridized carbons (Fsp3) is 0.467. The van der Waals surface area contributed by atoms with Gasteiger partial charge in [0.05, 0.1) is 12.7 Å². The number of carboxylic acids is 1. The summed E-state index contributed by atoms with van der Waals surface area (Å²) in [5, 5.41) is 11.8. The van der Waals surface area contributed by atoms with E-state index in [1.807, 2.05) is 13.2 Å². The van der Waals surface area contributed by atoms with Crippen LogP contribution in [-0.4, -0.2) is 42.6 Å². The van der Waals surface area contributed by atoms with Gasteiger partial charge < -0.3 is 15.2 Å². The highest BCUT2D eigenvalue weighted by molar-refractivity contribution is 7.98. The monoisotopic (exact) mass is 311 g/mol. The first-order valence-electron chi connectivity index (χ1n) is 6.66. The largest absolute Gasteiger partial charge is 0.496 e. The van der Waals surface area contributed by atoms with Crippen molar-refractivity contribution in [2.24, 2.45) is 5.92 Å². The second kappa shape index (κ2) is 8.56. The Morgan fingerprint density at radius 3 is 2.71 bits per heavy atom. The van der Waals surface area contributed by atoms with Gasteiger partial charge in [-0.2, -0.15) is 11.8 Å². The highest BCUT2D eigenvalue weighted by Crippen LogP contribution is 2.20. The number of aromatic carboxylic acids is 1. The van der Waals surface area contributed by atoms with Gasteiger partial charge in [0.2, 0.25) is 5.91 Å². The Balaban J connectivity index is 2.59. The molecule has 0 bridgehead atoms. The molecule has 0 radical (unpaired) electrons. The predicted octanol–water partition coefficient (Wildman–Crippen LogP) is 2.05. The van der Waals surface area contributed by atoms with Crippen LogP contribution >= 0.6 is 11.8 Å². The lowest BCUT2D eigenvalue weighted by Crippen LogP contribution is -2.32. The fourth-order valence-electron chi connectivity index (χ4n) is 1.90. The van der Waals surface area contributed by atoms with Crippen molar-refractivity contribution in [1.82, 2.24) is 5.32 Å². The molecule has 0 aliphatic rings. The van der Waals surface area contributed by atoms with E-state index in [2.05, 4.69) is 5.32 Å². The third kappa shape index (κ3) is 5.30. The van der Waals surface area contributed by atoms with Crippen LogP contribution in [0.1, 0.15) is 22.8 Å². The van der Waals surface area contributed by atoms with E-state index >= 15 is 0 Å². The maximum Gasteiger partial charge on any atom is 0.335 e. The second-order valence-corrected chi connectivity index (χ2v) is 5.64. The van der Waals surface area contributed by atoms with Crippen LogP contribution in [-0.2, 0) is 11.2 Å². The van der Waals surface area contributed by atoms with Gasteiger partial charge in [0.25, 0.3) is 0 Å². The first-order chi connectivity index (χ1) is 9.99. The van der Waals surface area contributed by atoms with Crippen molar-refractivity contribution in [2.45, 2.75) is 13.3 Å². The number of carboxylic acid groups (broad SMARTS) is 1. The molecule has 0 aromatic heterocycles. The van der Waals surface area contributed by atoms with Crippen molar-refractivity contribution in [2.75, 3.05) is 25.7 Å². The quantitative estimate of drug-likeness (QED) is 0.768. The minimum atomic E-state index is -0.987. The molecule has 2 N–H and O–H groups in total. The highest BCUT2D eigenvalue weighted by Gasteiger charge is 2.12. The Morgan fingerprint density at radius 1 is 1.43 bits per heavy atom. The summed E-state index contributed by atoms with van der Waals surface area (Å²) in [5.74, 6) is 0.352. The normalized spacial score (nSPS) is 11.8. The third-order valence-corrected chi connectivity index (χ3v) is 3.93. The molecule has 0 heterocycles. The lowest BCUT2D eigenvalue weighted by molar-refractivity contribution is -0.123. The minimum absolute atomic E-state index is 0.0173. The van der Waals surface area contributed by atoms with E-state index < -0.39 is 5.97 Å². The standard InChI is InChI=1S/C15H21NO4S/c1-10(9-21-3)14(17)16-7-6-11-4-5-12(15(18)19)8-13(11)20-2/h4-5,8,10H,6-7,9H2,1-3H3,(H,16,17)(H,18,19). The van der Waals surface area contributed by atoms with Gasteiger partial charge in [0.15, 0.2) is 0 Å². The molecule has 21 heavy (non-hydrogen) atoms. The van der Waals surface area contributed by atoms with Gasteiger partial charge in [0, 0.05) is 18.2 Å². The molecular formula is C15H21NO4S. The zero-order chi connectivity index (χ0) is 15.8. The number of thioether (sulfide) groups is 1. The number of carbonyl (C=O) groups excluding carboxylic acids is 1. The van der Waals surface area contributed by atoms with Gasteiger partial charge >= 0.3 is 5.97 Å². The first-order valence-corrected chi connectivity index (χ1v) is 8.05. The van der Waals surface area contributed by atoms with Gasteiger partial charge in [-0.1, -0.05) is 13.0 Å². The summed E-state index contributed by atoms with van der Waals surface area (Å²) in [5.41, 5.74) is 1.06. The summed E-state index contributed by atoms with van der Waals surface area (Å²) < 4.78 is 5.20.